The summed E-state index contributed by atoms with van der Waals surface area (Å²) in [4.78, 5) is 24.7. The van der Waals surface area contributed by atoms with E-state index in [2.05, 4.69) is 0 Å². The van der Waals surface area contributed by atoms with Crippen molar-refractivity contribution < 1.29 is 14.7 Å². The van der Waals surface area contributed by atoms with Gasteiger partial charge in [0.05, 0.1) is 5.41 Å². The van der Waals surface area contributed by atoms with Crippen LogP contribution in [0.5, 0.6) is 0 Å². The molecule has 0 rings (SSSR count). The molecule has 0 aliphatic rings. The average Bonchev–Trinajstić information content (AvgIpc) is 2.13. The van der Waals surface area contributed by atoms with Crippen molar-refractivity contribution in [3.63, 3.8) is 0 Å². The van der Waals surface area contributed by atoms with Crippen LogP contribution in [0.4, 0.5) is 0 Å². The third-order valence-corrected chi connectivity index (χ3v) is 2.86. The minimum absolute atomic E-state index is 0.00988. The van der Waals surface area contributed by atoms with Gasteiger partial charge in [-0.15, -0.1) is 0 Å². The zero-order valence-corrected chi connectivity index (χ0v) is 11.1. The number of carboxylic acid groups (broad SMARTS) is 1. The summed E-state index contributed by atoms with van der Waals surface area (Å²) in [6.45, 7) is 9.43. The lowest BCUT2D eigenvalue weighted by atomic mass is 9.74. The van der Waals surface area contributed by atoms with E-state index in [1.54, 1.807) is 39.6 Å². The molecule has 1 N–H and O–H groups in total. The molecule has 0 radical (unpaired) electrons. The van der Waals surface area contributed by atoms with Crippen molar-refractivity contribution >= 4 is 11.9 Å². The molecule has 0 fully saturated rings. The number of carboxylic acids is 1. The maximum atomic E-state index is 12.0. The molecule has 4 heteroatoms. The van der Waals surface area contributed by atoms with Gasteiger partial charge in [-0.1, -0.05) is 13.8 Å². The van der Waals surface area contributed by atoms with Crippen molar-refractivity contribution in [2.45, 2.75) is 41.0 Å². The van der Waals surface area contributed by atoms with Gasteiger partial charge in [0.25, 0.3) is 0 Å². The topological polar surface area (TPSA) is 57.6 Å². The summed E-state index contributed by atoms with van der Waals surface area (Å²) < 4.78 is 0. The maximum Gasteiger partial charge on any atom is 0.309 e. The van der Waals surface area contributed by atoms with Gasteiger partial charge >= 0.3 is 5.97 Å². The number of carbonyl (C=O) groups excluding carboxylic acids is 1. The van der Waals surface area contributed by atoms with E-state index in [4.69, 9.17) is 5.11 Å². The highest BCUT2D eigenvalue weighted by Crippen LogP contribution is 2.35. The van der Waals surface area contributed by atoms with Gasteiger partial charge in [-0.2, -0.15) is 0 Å². The molecule has 0 aliphatic carbocycles. The van der Waals surface area contributed by atoms with Crippen molar-refractivity contribution in [1.29, 1.82) is 0 Å². The van der Waals surface area contributed by atoms with Crippen LogP contribution in [0.15, 0.2) is 0 Å². The monoisotopic (exact) mass is 229 g/mol. The van der Waals surface area contributed by atoms with Crippen LogP contribution in [0.1, 0.15) is 41.0 Å². The van der Waals surface area contributed by atoms with Crippen molar-refractivity contribution in [3.8, 4) is 0 Å². The van der Waals surface area contributed by atoms with Gasteiger partial charge in [0.15, 0.2) is 0 Å². The predicted molar refractivity (Wildman–Crippen MR) is 63.1 cm³/mol. The van der Waals surface area contributed by atoms with Crippen molar-refractivity contribution in [2.24, 2.45) is 10.8 Å². The number of carbonyl (C=O) groups is 2. The molecule has 0 aromatic heterocycles. The predicted octanol–water partition coefficient (Wildman–Crippen LogP) is 1.99. The SMILES string of the molecule is CCN(C)C(=O)C(C)(C)CC(C)(C)C(=O)O. The van der Waals surface area contributed by atoms with Gasteiger partial charge in [0.2, 0.25) is 5.91 Å². The number of hydrogen-bond acceptors (Lipinski definition) is 2. The number of hydrogen-bond donors (Lipinski definition) is 1. The molecule has 0 saturated heterocycles. The fourth-order valence-electron chi connectivity index (χ4n) is 1.92. The van der Waals surface area contributed by atoms with Crippen LogP contribution < -0.4 is 0 Å². The highest BCUT2D eigenvalue weighted by atomic mass is 16.4. The van der Waals surface area contributed by atoms with Crippen LogP contribution in [0.2, 0.25) is 0 Å². The molecule has 0 aromatic rings. The quantitative estimate of drug-likeness (QED) is 0.784. The molecule has 0 aromatic carbocycles. The van der Waals surface area contributed by atoms with E-state index in [-0.39, 0.29) is 5.91 Å². The number of rotatable bonds is 5. The van der Waals surface area contributed by atoms with Crippen molar-refractivity contribution in [1.82, 2.24) is 4.90 Å². The lowest BCUT2D eigenvalue weighted by Gasteiger charge is -2.33. The smallest absolute Gasteiger partial charge is 0.309 e. The summed E-state index contributed by atoms with van der Waals surface area (Å²) in [7, 11) is 1.73. The van der Waals surface area contributed by atoms with Gasteiger partial charge in [-0.3, -0.25) is 9.59 Å². The first-order valence-electron chi connectivity index (χ1n) is 5.53. The van der Waals surface area contributed by atoms with E-state index in [1.165, 1.54) is 0 Å². The molecule has 0 spiro atoms. The van der Waals surface area contributed by atoms with Gasteiger partial charge < -0.3 is 10.0 Å². The van der Waals surface area contributed by atoms with E-state index in [0.29, 0.717) is 13.0 Å². The zero-order chi connectivity index (χ0) is 13.1. The Kier molecular flexibility index (Phi) is 4.53. The molecule has 0 bridgehead atoms. The zero-order valence-electron chi connectivity index (χ0n) is 11.1. The molecule has 16 heavy (non-hydrogen) atoms. The van der Waals surface area contributed by atoms with Gasteiger partial charge in [0.1, 0.15) is 0 Å². The summed E-state index contributed by atoms with van der Waals surface area (Å²) in [5.41, 5.74) is -1.53. The largest absolute Gasteiger partial charge is 0.481 e. The molecular formula is C12H23NO3. The fraction of sp³-hybridized carbons (Fsp3) is 0.833. The van der Waals surface area contributed by atoms with Crippen LogP contribution in [-0.4, -0.2) is 35.5 Å². The first-order chi connectivity index (χ1) is 7.04. The van der Waals surface area contributed by atoms with E-state index >= 15 is 0 Å². The normalized spacial score (nSPS) is 12.4. The molecule has 94 valence electrons. The molecule has 0 heterocycles. The molecule has 4 nitrogen and oxygen atoms in total. The van der Waals surface area contributed by atoms with E-state index in [1.807, 2.05) is 6.92 Å². The van der Waals surface area contributed by atoms with Crippen LogP contribution >= 0.6 is 0 Å². The summed E-state index contributed by atoms with van der Waals surface area (Å²) in [6.07, 6.45) is 0.332. The number of nitrogens with zero attached hydrogens (tertiary/aromatic N) is 1. The van der Waals surface area contributed by atoms with E-state index in [9.17, 15) is 9.59 Å². The standard InChI is InChI=1S/C12H23NO3/c1-7-13(6)9(14)11(2,3)8-12(4,5)10(15)16/h7-8H2,1-6H3,(H,15,16). The minimum Gasteiger partial charge on any atom is -0.481 e. The summed E-state index contributed by atoms with van der Waals surface area (Å²) >= 11 is 0. The second-order valence-electron chi connectivity index (χ2n) is 5.57. The average molecular weight is 229 g/mol. The summed E-state index contributed by atoms with van der Waals surface area (Å²) in [5, 5.41) is 9.06. The molecule has 0 saturated carbocycles. The van der Waals surface area contributed by atoms with Crippen molar-refractivity contribution in [2.75, 3.05) is 13.6 Å². The van der Waals surface area contributed by atoms with Crippen molar-refractivity contribution in [3.05, 3.63) is 0 Å². The van der Waals surface area contributed by atoms with Crippen LogP contribution in [-0.2, 0) is 9.59 Å². The van der Waals surface area contributed by atoms with E-state index < -0.39 is 16.8 Å². The summed E-state index contributed by atoms with van der Waals surface area (Å²) in [6, 6.07) is 0. The van der Waals surface area contributed by atoms with Crippen LogP contribution in [0, 0.1) is 10.8 Å². The second kappa shape index (κ2) is 4.85. The summed E-state index contributed by atoms with van der Waals surface area (Å²) in [5.74, 6) is -0.878. The van der Waals surface area contributed by atoms with Crippen LogP contribution in [0.3, 0.4) is 0 Å². The highest BCUT2D eigenvalue weighted by Gasteiger charge is 2.39. The first kappa shape index (κ1) is 14.9. The third-order valence-electron chi connectivity index (χ3n) is 2.86. The van der Waals surface area contributed by atoms with Crippen LogP contribution in [0.25, 0.3) is 0 Å². The Morgan fingerprint density at radius 3 is 1.88 bits per heavy atom. The Labute approximate surface area is 97.6 Å². The minimum atomic E-state index is -0.881. The molecular weight excluding hydrogens is 206 g/mol. The molecule has 0 atom stereocenters. The number of aliphatic carboxylic acids is 1. The lowest BCUT2D eigenvalue weighted by molar-refractivity contribution is -0.151. The van der Waals surface area contributed by atoms with Gasteiger partial charge in [0, 0.05) is 19.0 Å². The third kappa shape index (κ3) is 3.51. The first-order valence-corrected chi connectivity index (χ1v) is 5.53. The highest BCUT2D eigenvalue weighted by molar-refractivity contribution is 5.83. The maximum absolute atomic E-state index is 12.0. The Morgan fingerprint density at radius 1 is 1.12 bits per heavy atom. The Bertz CT molecular complexity index is 282. The molecule has 0 aliphatic heterocycles. The van der Waals surface area contributed by atoms with Gasteiger partial charge in [-0.25, -0.2) is 0 Å². The second-order valence-corrected chi connectivity index (χ2v) is 5.57. The Balaban J connectivity index is 4.82. The molecule has 0 unspecified atom stereocenters. The fourth-order valence-corrected chi connectivity index (χ4v) is 1.92. The van der Waals surface area contributed by atoms with E-state index in [0.717, 1.165) is 0 Å². The molecule has 1 amide bonds. The Hall–Kier alpha value is -1.06. The van der Waals surface area contributed by atoms with Gasteiger partial charge in [-0.05, 0) is 27.2 Å². The number of amides is 1. The Morgan fingerprint density at radius 2 is 1.56 bits per heavy atom. The lowest BCUT2D eigenvalue weighted by Crippen LogP contribution is -2.42.